The number of amides is 2. The monoisotopic (exact) mass is 374 g/mol. The van der Waals surface area contributed by atoms with Gasteiger partial charge in [-0.05, 0) is 45.3 Å². The Kier molecular flexibility index (Phi) is 6.98. The fourth-order valence-electron chi connectivity index (χ4n) is 2.54. The molecule has 0 unspecified atom stereocenters. The Morgan fingerprint density at radius 2 is 1.89 bits per heavy atom. The SMILES string of the molecule is CC(C)(C)OC(=O)N[C@H]1CC[C@@H](OC(=O)C=Cc2ccccc2)CNC1=O. The number of rotatable bonds is 4. The van der Waals surface area contributed by atoms with Crippen LogP contribution in [0.1, 0.15) is 39.2 Å². The zero-order valence-electron chi connectivity index (χ0n) is 15.9. The first kappa shape index (κ1) is 20.5. The summed E-state index contributed by atoms with van der Waals surface area (Å²) in [6.07, 6.45) is 2.73. The molecule has 1 aromatic rings. The van der Waals surface area contributed by atoms with Crippen LogP contribution >= 0.6 is 0 Å². The third-order valence-corrected chi connectivity index (χ3v) is 3.78. The van der Waals surface area contributed by atoms with E-state index in [-0.39, 0.29) is 12.5 Å². The van der Waals surface area contributed by atoms with Crippen molar-refractivity contribution >= 4 is 24.0 Å². The summed E-state index contributed by atoms with van der Waals surface area (Å²) in [5.74, 6) is -0.795. The van der Waals surface area contributed by atoms with Gasteiger partial charge in [0.25, 0.3) is 0 Å². The molecule has 2 amide bonds. The average molecular weight is 374 g/mol. The predicted molar refractivity (Wildman–Crippen MR) is 101 cm³/mol. The first-order chi connectivity index (χ1) is 12.7. The lowest BCUT2D eigenvalue weighted by Gasteiger charge is -2.22. The number of benzene rings is 1. The van der Waals surface area contributed by atoms with Gasteiger partial charge in [0, 0.05) is 6.08 Å². The third kappa shape index (κ3) is 7.52. The van der Waals surface area contributed by atoms with Gasteiger partial charge in [0.05, 0.1) is 6.54 Å². The second-order valence-corrected chi connectivity index (χ2v) is 7.32. The van der Waals surface area contributed by atoms with E-state index >= 15 is 0 Å². The highest BCUT2D eigenvalue weighted by Gasteiger charge is 2.29. The lowest BCUT2D eigenvalue weighted by Crippen LogP contribution is -2.47. The van der Waals surface area contributed by atoms with Crippen LogP contribution in [0.15, 0.2) is 36.4 Å². The van der Waals surface area contributed by atoms with Crippen molar-refractivity contribution < 1.29 is 23.9 Å². The van der Waals surface area contributed by atoms with E-state index < -0.39 is 29.8 Å². The molecule has 1 fully saturated rings. The van der Waals surface area contributed by atoms with E-state index in [4.69, 9.17) is 9.47 Å². The minimum atomic E-state index is -0.719. The molecule has 1 aromatic carbocycles. The lowest BCUT2D eigenvalue weighted by molar-refractivity contribution is -0.143. The molecule has 7 heteroatoms. The molecule has 1 aliphatic rings. The number of esters is 1. The topological polar surface area (TPSA) is 93.7 Å². The summed E-state index contributed by atoms with van der Waals surface area (Å²) < 4.78 is 10.6. The van der Waals surface area contributed by atoms with Crippen LogP contribution in [0.2, 0.25) is 0 Å². The Morgan fingerprint density at radius 1 is 1.19 bits per heavy atom. The van der Waals surface area contributed by atoms with Crippen molar-refractivity contribution in [3.63, 3.8) is 0 Å². The maximum Gasteiger partial charge on any atom is 0.408 e. The maximum absolute atomic E-state index is 12.1. The zero-order chi connectivity index (χ0) is 19.9. The summed E-state index contributed by atoms with van der Waals surface area (Å²) in [7, 11) is 0. The molecule has 0 radical (unpaired) electrons. The second kappa shape index (κ2) is 9.21. The normalized spacial score (nSPS) is 20.5. The summed E-state index contributed by atoms with van der Waals surface area (Å²) >= 11 is 0. The fraction of sp³-hybridized carbons (Fsp3) is 0.450. The largest absolute Gasteiger partial charge is 0.457 e. The van der Waals surface area contributed by atoms with Gasteiger partial charge in [0.1, 0.15) is 17.7 Å². The van der Waals surface area contributed by atoms with E-state index in [0.717, 1.165) is 5.56 Å². The minimum absolute atomic E-state index is 0.205. The number of hydrogen-bond donors (Lipinski definition) is 2. The van der Waals surface area contributed by atoms with Crippen LogP contribution in [0.3, 0.4) is 0 Å². The summed E-state index contributed by atoms with van der Waals surface area (Å²) in [5.41, 5.74) is 0.249. The van der Waals surface area contributed by atoms with Crippen LogP contribution in [0.4, 0.5) is 4.79 Å². The molecule has 2 rings (SSSR count). The molecule has 1 saturated heterocycles. The summed E-state index contributed by atoms with van der Waals surface area (Å²) in [6, 6.07) is 8.69. The van der Waals surface area contributed by atoms with Crippen LogP contribution < -0.4 is 10.6 Å². The molecule has 0 aromatic heterocycles. The molecule has 2 N–H and O–H groups in total. The Hall–Kier alpha value is -2.83. The summed E-state index contributed by atoms with van der Waals surface area (Å²) in [6.45, 7) is 5.45. The van der Waals surface area contributed by atoms with Crippen molar-refractivity contribution in [1.29, 1.82) is 0 Å². The molecule has 1 aliphatic heterocycles. The lowest BCUT2D eigenvalue weighted by atomic mass is 10.1. The maximum atomic E-state index is 12.1. The molecular formula is C20H26N2O5. The molecule has 7 nitrogen and oxygen atoms in total. The Labute approximate surface area is 159 Å². The molecule has 0 spiro atoms. The van der Waals surface area contributed by atoms with E-state index in [2.05, 4.69) is 10.6 Å². The highest BCUT2D eigenvalue weighted by atomic mass is 16.6. The van der Waals surface area contributed by atoms with Crippen molar-refractivity contribution in [3.8, 4) is 0 Å². The second-order valence-electron chi connectivity index (χ2n) is 7.32. The van der Waals surface area contributed by atoms with E-state index in [1.807, 2.05) is 30.3 Å². The van der Waals surface area contributed by atoms with Gasteiger partial charge in [-0.1, -0.05) is 30.3 Å². The molecule has 0 saturated carbocycles. The number of nitrogens with one attached hydrogen (secondary N) is 2. The first-order valence-electron chi connectivity index (χ1n) is 8.94. The highest BCUT2D eigenvalue weighted by Crippen LogP contribution is 2.12. The minimum Gasteiger partial charge on any atom is -0.457 e. The number of alkyl carbamates (subject to hydrolysis) is 1. The standard InChI is InChI=1S/C20H26N2O5/c1-20(2,3)27-19(25)22-16-11-10-15(13-21-18(16)24)26-17(23)12-9-14-7-5-4-6-8-14/h4-9,12,15-16H,10-11,13H2,1-3H3,(H,21,24)(H,22,25)/t15-,16+/m1/s1. The first-order valence-corrected chi connectivity index (χ1v) is 8.94. The van der Waals surface area contributed by atoms with Crippen molar-refractivity contribution in [1.82, 2.24) is 10.6 Å². The fourth-order valence-corrected chi connectivity index (χ4v) is 2.54. The Bertz CT molecular complexity index is 694. The smallest absolute Gasteiger partial charge is 0.408 e. The predicted octanol–water partition coefficient (Wildman–Crippen LogP) is 2.41. The number of hydrogen-bond acceptors (Lipinski definition) is 5. The number of carbonyl (C=O) groups excluding carboxylic acids is 3. The van der Waals surface area contributed by atoms with E-state index in [1.165, 1.54) is 6.08 Å². The van der Waals surface area contributed by atoms with Gasteiger partial charge < -0.3 is 20.1 Å². The summed E-state index contributed by atoms with van der Waals surface area (Å²) in [5, 5.41) is 5.24. The Balaban J connectivity index is 1.84. The van der Waals surface area contributed by atoms with Gasteiger partial charge in [-0.15, -0.1) is 0 Å². The quantitative estimate of drug-likeness (QED) is 0.624. The molecule has 0 bridgehead atoms. The van der Waals surface area contributed by atoms with Crippen LogP contribution in [0.5, 0.6) is 0 Å². The molecule has 146 valence electrons. The van der Waals surface area contributed by atoms with E-state index in [9.17, 15) is 14.4 Å². The van der Waals surface area contributed by atoms with E-state index in [1.54, 1.807) is 26.8 Å². The van der Waals surface area contributed by atoms with Gasteiger partial charge in [-0.2, -0.15) is 0 Å². The van der Waals surface area contributed by atoms with Crippen LogP contribution in [-0.2, 0) is 19.1 Å². The van der Waals surface area contributed by atoms with Crippen molar-refractivity contribution in [2.24, 2.45) is 0 Å². The Morgan fingerprint density at radius 3 is 2.56 bits per heavy atom. The van der Waals surface area contributed by atoms with Gasteiger partial charge >= 0.3 is 12.1 Å². The molecule has 1 heterocycles. The molecular weight excluding hydrogens is 348 g/mol. The van der Waals surface area contributed by atoms with Crippen molar-refractivity contribution in [2.45, 2.75) is 51.4 Å². The van der Waals surface area contributed by atoms with Crippen molar-refractivity contribution in [3.05, 3.63) is 42.0 Å². The van der Waals surface area contributed by atoms with Crippen LogP contribution in [-0.4, -0.2) is 42.3 Å². The van der Waals surface area contributed by atoms with Gasteiger partial charge in [-0.25, -0.2) is 9.59 Å². The molecule has 27 heavy (non-hydrogen) atoms. The van der Waals surface area contributed by atoms with Gasteiger partial charge in [0.2, 0.25) is 5.91 Å². The average Bonchev–Trinajstić information content (AvgIpc) is 2.75. The van der Waals surface area contributed by atoms with Crippen molar-refractivity contribution in [2.75, 3.05) is 6.54 Å². The van der Waals surface area contributed by atoms with E-state index in [0.29, 0.717) is 12.8 Å². The van der Waals surface area contributed by atoms with Gasteiger partial charge in [0.15, 0.2) is 0 Å². The highest BCUT2D eigenvalue weighted by molar-refractivity contribution is 5.88. The summed E-state index contributed by atoms with van der Waals surface area (Å²) in [4.78, 5) is 36.0. The third-order valence-electron chi connectivity index (χ3n) is 3.78. The number of carbonyl (C=O) groups is 3. The molecule has 0 aliphatic carbocycles. The zero-order valence-corrected chi connectivity index (χ0v) is 15.9. The van der Waals surface area contributed by atoms with Crippen LogP contribution in [0.25, 0.3) is 6.08 Å². The van der Waals surface area contributed by atoms with Crippen LogP contribution in [0, 0.1) is 0 Å². The van der Waals surface area contributed by atoms with Gasteiger partial charge in [-0.3, -0.25) is 4.79 Å². The number of ether oxygens (including phenoxy) is 2. The molecule has 2 atom stereocenters.